The van der Waals surface area contributed by atoms with Crippen LogP contribution < -0.4 is 10.6 Å². The molecule has 3 rings (SSSR count). The summed E-state index contributed by atoms with van der Waals surface area (Å²) < 4.78 is 38.4. The minimum Gasteiger partial charge on any atom is -0.342 e. The Morgan fingerprint density at radius 2 is 1.73 bits per heavy atom. The first kappa shape index (κ1) is 21.0. The van der Waals surface area contributed by atoms with Gasteiger partial charge in [0.1, 0.15) is 6.04 Å². The van der Waals surface area contributed by atoms with Crippen LogP contribution in [0, 0.1) is 0 Å². The second-order valence-corrected chi connectivity index (χ2v) is 6.45. The fourth-order valence-electron chi connectivity index (χ4n) is 2.76. The molecule has 1 atom stereocenters. The second kappa shape index (κ2) is 8.72. The summed E-state index contributed by atoms with van der Waals surface area (Å²) in [6, 6.07) is 10.2. The van der Waals surface area contributed by atoms with E-state index in [-0.39, 0.29) is 18.2 Å². The summed E-state index contributed by atoms with van der Waals surface area (Å²) in [7, 11) is 0. The molecular formula is C19H17F3N6O2. The van der Waals surface area contributed by atoms with Gasteiger partial charge in [-0.1, -0.05) is 29.5 Å². The van der Waals surface area contributed by atoms with E-state index in [2.05, 4.69) is 31.3 Å². The minimum absolute atomic E-state index is 0.00926. The lowest BCUT2D eigenvalue weighted by Gasteiger charge is -2.17. The first-order valence-electron chi connectivity index (χ1n) is 8.79. The lowest BCUT2D eigenvalue weighted by molar-refractivity contribution is -0.137. The summed E-state index contributed by atoms with van der Waals surface area (Å²) in [4.78, 5) is 23.6. The fraction of sp³-hybridized carbons (Fsp3) is 0.211. The Morgan fingerprint density at radius 3 is 2.27 bits per heavy atom. The van der Waals surface area contributed by atoms with Crippen LogP contribution in [-0.4, -0.2) is 32.4 Å². The highest BCUT2D eigenvalue weighted by Crippen LogP contribution is 2.30. The molecule has 0 aliphatic rings. The van der Waals surface area contributed by atoms with Gasteiger partial charge < -0.3 is 10.6 Å². The van der Waals surface area contributed by atoms with Crippen molar-refractivity contribution >= 4 is 17.5 Å². The molecule has 0 saturated heterocycles. The third-order valence-electron chi connectivity index (χ3n) is 4.14. The van der Waals surface area contributed by atoms with E-state index in [4.69, 9.17) is 0 Å². The molecule has 0 spiro atoms. The quantitative estimate of drug-likeness (QED) is 0.570. The molecule has 30 heavy (non-hydrogen) atoms. The van der Waals surface area contributed by atoms with Crippen LogP contribution in [0.4, 0.5) is 18.9 Å². The highest BCUT2D eigenvalue weighted by Gasteiger charge is 2.31. The molecule has 0 bridgehead atoms. The average Bonchev–Trinajstić information content (AvgIpc) is 3.21. The summed E-state index contributed by atoms with van der Waals surface area (Å²) >= 11 is 0. The number of nitrogens with one attached hydrogen (secondary N) is 3. The maximum Gasteiger partial charge on any atom is 0.416 e. The Morgan fingerprint density at radius 1 is 1.07 bits per heavy atom. The second-order valence-electron chi connectivity index (χ2n) is 6.45. The number of carbonyl (C=O) groups excluding carboxylic acids is 2. The zero-order chi connectivity index (χ0) is 21.7. The van der Waals surface area contributed by atoms with Crippen molar-refractivity contribution in [2.45, 2.75) is 25.6 Å². The molecule has 1 heterocycles. The van der Waals surface area contributed by atoms with E-state index >= 15 is 0 Å². The number of rotatable bonds is 6. The van der Waals surface area contributed by atoms with E-state index in [9.17, 15) is 22.8 Å². The summed E-state index contributed by atoms with van der Waals surface area (Å²) in [5, 5.41) is 18.7. The molecule has 2 aromatic carbocycles. The summed E-state index contributed by atoms with van der Waals surface area (Å²) in [6.45, 7) is 1.39. The molecule has 0 saturated carbocycles. The molecule has 0 aliphatic carbocycles. The van der Waals surface area contributed by atoms with Gasteiger partial charge in [-0.2, -0.15) is 18.4 Å². The Balaban J connectivity index is 1.74. The zero-order valence-corrected chi connectivity index (χ0v) is 15.7. The average molecular weight is 418 g/mol. The molecule has 2 amide bonds. The first-order valence-corrected chi connectivity index (χ1v) is 8.79. The molecule has 3 N–H and O–H groups in total. The number of anilines is 1. The van der Waals surface area contributed by atoms with Crippen LogP contribution in [0.2, 0.25) is 0 Å². The number of tetrazole rings is 1. The monoisotopic (exact) mass is 418 g/mol. The highest BCUT2D eigenvalue weighted by molar-refractivity contribution is 5.88. The zero-order valence-electron chi connectivity index (χ0n) is 15.7. The Hall–Kier alpha value is -3.76. The van der Waals surface area contributed by atoms with Gasteiger partial charge >= 0.3 is 6.18 Å². The van der Waals surface area contributed by atoms with Crippen molar-refractivity contribution in [1.29, 1.82) is 0 Å². The van der Waals surface area contributed by atoms with Crippen LogP contribution in [0.15, 0.2) is 48.5 Å². The molecule has 8 nitrogen and oxygen atoms in total. The third kappa shape index (κ3) is 5.40. The standard InChI is InChI=1S/C19H17F3N6O2/c1-11(29)23-15-8-2-12(3-9-15)10-16(30)24-17(18-25-27-28-26-18)13-4-6-14(7-5-13)19(20,21)22/h2-9,17H,10H2,1H3,(H,23,29)(H,24,30)(H,25,26,27,28). The molecule has 11 heteroatoms. The van der Waals surface area contributed by atoms with E-state index in [1.54, 1.807) is 24.3 Å². The van der Waals surface area contributed by atoms with Crippen LogP contribution in [-0.2, 0) is 22.2 Å². The van der Waals surface area contributed by atoms with Gasteiger partial charge in [0.15, 0.2) is 0 Å². The van der Waals surface area contributed by atoms with Crippen LogP contribution in [0.5, 0.6) is 0 Å². The summed E-state index contributed by atoms with van der Waals surface area (Å²) in [5.74, 6) is -0.485. The predicted octanol–water partition coefficient (Wildman–Crippen LogP) is 2.63. The maximum atomic E-state index is 12.8. The molecule has 0 aliphatic heterocycles. The molecule has 0 fully saturated rings. The van der Waals surface area contributed by atoms with Crippen molar-refractivity contribution in [1.82, 2.24) is 25.9 Å². The van der Waals surface area contributed by atoms with Gasteiger partial charge in [0.2, 0.25) is 17.6 Å². The van der Waals surface area contributed by atoms with Crippen LogP contribution >= 0.6 is 0 Å². The number of aromatic nitrogens is 4. The first-order chi connectivity index (χ1) is 14.2. The predicted molar refractivity (Wildman–Crippen MR) is 100 cm³/mol. The van der Waals surface area contributed by atoms with Gasteiger partial charge in [0.25, 0.3) is 0 Å². The van der Waals surface area contributed by atoms with Crippen molar-refractivity contribution in [2.24, 2.45) is 0 Å². The number of H-pyrrole nitrogens is 1. The summed E-state index contributed by atoms with van der Waals surface area (Å²) in [6.07, 6.45) is -4.46. The van der Waals surface area contributed by atoms with Crippen LogP contribution in [0.25, 0.3) is 0 Å². The fourth-order valence-corrected chi connectivity index (χ4v) is 2.76. The summed E-state index contributed by atoms with van der Waals surface area (Å²) in [5.41, 5.74) is 0.851. The molecule has 3 aromatic rings. The maximum absolute atomic E-state index is 12.8. The van der Waals surface area contributed by atoms with Gasteiger partial charge in [-0.15, -0.1) is 10.2 Å². The van der Waals surface area contributed by atoms with Crippen molar-refractivity contribution in [3.63, 3.8) is 0 Å². The number of aromatic amines is 1. The van der Waals surface area contributed by atoms with Crippen molar-refractivity contribution in [3.05, 3.63) is 71.0 Å². The number of halogens is 3. The molecule has 1 aromatic heterocycles. The Kier molecular flexibility index (Phi) is 6.09. The van der Waals surface area contributed by atoms with E-state index in [0.29, 0.717) is 16.8 Å². The lowest BCUT2D eigenvalue weighted by atomic mass is 10.0. The normalized spacial score (nSPS) is 12.3. The molecule has 156 valence electrons. The molecule has 1 unspecified atom stereocenters. The Bertz CT molecular complexity index is 1000. The third-order valence-corrected chi connectivity index (χ3v) is 4.14. The molecular weight excluding hydrogens is 401 g/mol. The van der Waals surface area contributed by atoms with E-state index in [1.807, 2.05) is 0 Å². The van der Waals surface area contributed by atoms with E-state index < -0.39 is 23.7 Å². The smallest absolute Gasteiger partial charge is 0.342 e. The number of amides is 2. The topological polar surface area (TPSA) is 113 Å². The number of benzene rings is 2. The van der Waals surface area contributed by atoms with E-state index in [1.165, 1.54) is 19.1 Å². The van der Waals surface area contributed by atoms with Gasteiger partial charge in [0.05, 0.1) is 12.0 Å². The number of hydrogen-bond acceptors (Lipinski definition) is 5. The minimum atomic E-state index is -4.47. The number of hydrogen-bond donors (Lipinski definition) is 3. The van der Waals surface area contributed by atoms with Crippen molar-refractivity contribution < 1.29 is 22.8 Å². The number of nitrogens with zero attached hydrogens (tertiary/aromatic N) is 3. The van der Waals surface area contributed by atoms with Crippen molar-refractivity contribution in [2.75, 3.05) is 5.32 Å². The number of carbonyl (C=O) groups is 2. The van der Waals surface area contributed by atoms with Crippen molar-refractivity contribution in [3.8, 4) is 0 Å². The lowest BCUT2D eigenvalue weighted by Crippen LogP contribution is -2.31. The van der Waals surface area contributed by atoms with E-state index in [0.717, 1.165) is 12.1 Å². The van der Waals surface area contributed by atoms with Gasteiger partial charge in [-0.3, -0.25) is 9.59 Å². The van der Waals surface area contributed by atoms with Crippen LogP contribution in [0.3, 0.4) is 0 Å². The van der Waals surface area contributed by atoms with Gasteiger partial charge in [-0.25, -0.2) is 0 Å². The van der Waals surface area contributed by atoms with Crippen LogP contribution in [0.1, 0.15) is 35.5 Å². The molecule has 0 radical (unpaired) electrons. The highest BCUT2D eigenvalue weighted by atomic mass is 19.4. The largest absolute Gasteiger partial charge is 0.416 e. The SMILES string of the molecule is CC(=O)Nc1ccc(CC(=O)NC(c2ccc(C(F)(F)F)cc2)c2nn[nH]n2)cc1. The number of alkyl halides is 3. The van der Waals surface area contributed by atoms with Gasteiger partial charge in [0, 0.05) is 12.6 Å². The van der Waals surface area contributed by atoms with Gasteiger partial charge in [-0.05, 0) is 35.4 Å². The Labute approximate surface area is 168 Å².